The number of ketones is 2. The lowest BCUT2D eigenvalue weighted by molar-refractivity contribution is 0.0979. The van der Waals surface area contributed by atoms with Crippen LogP contribution in [-0.4, -0.2) is 11.6 Å². The number of fused-ring (bicyclic) bond motifs is 1. The molecule has 0 heterocycles. The Bertz CT molecular complexity index is 747. The average molecular weight is 387 g/mol. The molecule has 0 atom stereocenters. The van der Waals surface area contributed by atoms with Gasteiger partial charge in [-0.3, -0.25) is 9.59 Å². The summed E-state index contributed by atoms with van der Waals surface area (Å²) in [7, 11) is 0. The summed E-state index contributed by atoms with van der Waals surface area (Å²) in [6.45, 7) is 6.32. The Labute approximate surface area is 152 Å². The number of benzene rings is 1. The molecule has 0 aromatic heterocycles. The third kappa shape index (κ3) is 4.41. The van der Waals surface area contributed by atoms with Crippen LogP contribution in [0.15, 0.2) is 57.6 Å². The maximum Gasteiger partial charge on any atom is 0.201 e. The van der Waals surface area contributed by atoms with E-state index in [9.17, 15) is 9.59 Å². The summed E-state index contributed by atoms with van der Waals surface area (Å²) < 4.78 is 0.418. The van der Waals surface area contributed by atoms with Crippen molar-refractivity contribution < 1.29 is 9.59 Å². The number of halogens is 1. The number of allylic oxidation sites excluding steroid dienone is 6. The van der Waals surface area contributed by atoms with Crippen LogP contribution in [0, 0.1) is 0 Å². The maximum absolute atomic E-state index is 12.6. The summed E-state index contributed by atoms with van der Waals surface area (Å²) in [4.78, 5) is 25.0. The van der Waals surface area contributed by atoms with Gasteiger partial charge in [0, 0.05) is 16.7 Å². The van der Waals surface area contributed by atoms with E-state index >= 15 is 0 Å². The highest BCUT2D eigenvalue weighted by atomic mass is 79.9. The predicted molar refractivity (Wildman–Crippen MR) is 103 cm³/mol. The van der Waals surface area contributed by atoms with Gasteiger partial charge in [0.15, 0.2) is 5.78 Å². The normalized spacial score (nSPS) is 14.8. The van der Waals surface area contributed by atoms with Crippen molar-refractivity contribution in [2.24, 2.45) is 0 Å². The molecule has 1 aromatic carbocycles. The number of carbonyl (C=O) groups is 2. The highest BCUT2D eigenvalue weighted by Crippen LogP contribution is 2.32. The van der Waals surface area contributed by atoms with Gasteiger partial charge in [0.1, 0.15) is 0 Å². The first-order chi connectivity index (χ1) is 11.4. The third-order valence-corrected chi connectivity index (χ3v) is 4.97. The van der Waals surface area contributed by atoms with Crippen molar-refractivity contribution in [3.63, 3.8) is 0 Å². The van der Waals surface area contributed by atoms with E-state index in [1.807, 2.05) is 0 Å². The van der Waals surface area contributed by atoms with Gasteiger partial charge in [0.25, 0.3) is 0 Å². The van der Waals surface area contributed by atoms with Gasteiger partial charge < -0.3 is 0 Å². The molecule has 126 valence electrons. The lowest BCUT2D eigenvalue weighted by atomic mass is 9.87. The fourth-order valence-electron chi connectivity index (χ4n) is 2.77. The van der Waals surface area contributed by atoms with E-state index in [4.69, 9.17) is 0 Å². The highest BCUT2D eigenvalue weighted by molar-refractivity contribution is 9.12. The second-order valence-electron chi connectivity index (χ2n) is 6.41. The monoisotopic (exact) mass is 386 g/mol. The molecule has 1 aliphatic rings. The molecule has 1 aliphatic carbocycles. The second kappa shape index (κ2) is 8.39. The van der Waals surface area contributed by atoms with Crippen LogP contribution in [0.4, 0.5) is 0 Å². The summed E-state index contributed by atoms with van der Waals surface area (Å²) in [5.74, 6) is -0.128. The topological polar surface area (TPSA) is 34.1 Å². The molecule has 0 saturated carbocycles. The number of hydrogen-bond donors (Lipinski definition) is 0. The minimum absolute atomic E-state index is 0.0346. The van der Waals surface area contributed by atoms with Crippen molar-refractivity contribution in [1.82, 2.24) is 0 Å². The largest absolute Gasteiger partial charge is 0.289 e. The molecule has 0 saturated heterocycles. The molecule has 0 fully saturated rings. The minimum Gasteiger partial charge on any atom is -0.289 e. The smallest absolute Gasteiger partial charge is 0.201 e. The zero-order valence-corrected chi connectivity index (χ0v) is 16.1. The fourth-order valence-corrected chi connectivity index (χ4v) is 3.37. The van der Waals surface area contributed by atoms with E-state index in [0.29, 0.717) is 27.6 Å². The molecular formula is C21H23BrO2. The summed E-state index contributed by atoms with van der Waals surface area (Å²) in [6, 6.07) is 7.03. The predicted octanol–water partition coefficient (Wildman–Crippen LogP) is 6.19. The van der Waals surface area contributed by atoms with Gasteiger partial charge >= 0.3 is 0 Å². The van der Waals surface area contributed by atoms with Gasteiger partial charge in [0.2, 0.25) is 5.78 Å². The molecule has 1 aromatic rings. The zero-order valence-electron chi connectivity index (χ0n) is 14.5. The molecule has 0 spiro atoms. The Hall–Kier alpha value is -1.74. The minimum atomic E-state index is -0.0931. The van der Waals surface area contributed by atoms with E-state index in [1.165, 1.54) is 11.1 Å². The lowest BCUT2D eigenvalue weighted by Crippen LogP contribution is -2.19. The van der Waals surface area contributed by atoms with Gasteiger partial charge in [-0.1, -0.05) is 47.6 Å². The first-order valence-corrected chi connectivity index (χ1v) is 9.07. The van der Waals surface area contributed by atoms with Crippen molar-refractivity contribution >= 4 is 27.5 Å². The van der Waals surface area contributed by atoms with Crippen LogP contribution in [0.5, 0.6) is 0 Å². The Balaban J connectivity index is 2.05. The number of Topliss-reactive ketones (excluding diaryl/α,β-unsaturated/α-hetero) is 2. The summed E-state index contributed by atoms with van der Waals surface area (Å²) in [5.41, 5.74) is 4.25. The Morgan fingerprint density at radius 3 is 2.21 bits per heavy atom. The Morgan fingerprint density at radius 2 is 1.58 bits per heavy atom. The van der Waals surface area contributed by atoms with E-state index in [-0.39, 0.29) is 11.6 Å². The summed E-state index contributed by atoms with van der Waals surface area (Å²) in [6.07, 6.45) is 7.83. The average Bonchev–Trinajstić information content (AvgIpc) is 2.55. The highest BCUT2D eigenvalue weighted by Gasteiger charge is 2.29. The van der Waals surface area contributed by atoms with Crippen LogP contribution in [0.3, 0.4) is 0 Å². The van der Waals surface area contributed by atoms with Crippen LogP contribution in [-0.2, 0) is 0 Å². The van der Waals surface area contributed by atoms with Gasteiger partial charge in [-0.05, 0) is 62.4 Å². The molecule has 2 nitrogen and oxygen atoms in total. The van der Waals surface area contributed by atoms with E-state index in [2.05, 4.69) is 48.9 Å². The molecule has 0 bridgehead atoms. The second-order valence-corrected chi connectivity index (χ2v) is 7.20. The summed E-state index contributed by atoms with van der Waals surface area (Å²) >= 11 is 3.34. The van der Waals surface area contributed by atoms with Gasteiger partial charge in [-0.15, -0.1) is 0 Å². The third-order valence-electron chi connectivity index (χ3n) is 4.13. The van der Waals surface area contributed by atoms with Gasteiger partial charge in [-0.2, -0.15) is 0 Å². The van der Waals surface area contributed by atoms with Crippen molar-refractivity contribution in [2.45, 2.75) is 46.5 Å². The maximum atomic E-state index is 12.6. The number of rotatable bonds is 6. The fraction of sp³-hybridized carbons (Fsp3) is 0.333. The van der Waals surface area contributed by atoms with Crippen molar-refractivity contribution in [3.05, 3.63) is 68.7 Å². The van der Waals surface area contributed by atoms with Crippen LogP contribution >= 0.6 is 15.9 Å². The van der Waals surface area contributed by atoms with Crippen LogP contribution in [0.25, 0.3) is 0 Å². The molecule has 0 N–H and O–H groups in total. The molecule has 0 unspecified atom stereocenters. The quantitative estimate of drug-likeness (QED) is 0.546. The molecule has 2 rings (SSSR count). The van der Waals surface area contributed by atoms with Crippen molar-refractivity contribution in [2.75, 3.05) is 0 Å². The lowest BCUT2D eigenvalue weighted by Gasteiger charge is -2.17. The van der Waals surface area contributed by atoms with Gasteiger partial charge in [-0.25, -0.2) is 0 Å². The Kier molecular flexibility index (Phi) is 6.50. The first-order valence-electron chi connectivity index (χ1n) is 8.28. The van der Waals surface area contributed by atoms with Gasteiger partial charge in [0.05, 0.1) is 4.48 Å². The van der Waals surface area contributed by atoms with E-state index in [0.717, 1.165) is 19.3 Å². The molecular weight excluding hydrogens is 364 g/mol. The standard InChI is InChI=1S/C21H23BrO2/c1-14(2)8-6-9-15(3)10-7-13-18-19(22)21(24)17-12-5-4-11-16(17)20(18)23/h4-5,8,10-12H,6-7,9,13H2,1-3H3/b15-10+. The molecule has 3 heteroatoms. The van der Waals surface area contributed by atoms with E-state index < -0.39 is 0 Å². The van der Waals surface area contributed by atoms with Crippen LogP contribution in [0.2, 0.25) is 0 Å². The van der Waals surface area contributed by atoms with Crippen LogP contribution in [0.1, 0.15) is 67.2 Å². The number of carbonyl (C=O) groups excluding carboxylic acids is 2. The molecule has 0 aliphatic heterocycles. The van der Waals surface area contributed by atoms with Crippen molar-refractivity contribution in [1.29, 1.82) is 0 Å². The number of hydrogen-bond acceptors (Lipinski definition) is 2. The first kappa shape index (κ1) is 18.6. The zero-order chi connectivity index (χ0) is 17.7. The van der Waals surface area contributed by atoms with Crippen molar-refractivity contribution in [3.8, 4) is 0 Å². The van der Waals surface area contributed by atoms with E-state index in [1.54, 1.807) is 24.3 Å². The molecule has 24 heavy (non-hydrogen) atoms. The Morgan fingerprint density at radius 1 is 0.958 bits per heavy atom. The summed E-state index contributed by atoms with van der Waals surface area (Å²) in [5, 5.41) is 0. The molecule has 0 amide bonds. The van der Waals surface area contributed by atoms with Crippen LogP contribution < -0.4 is 0 Å². The molecule has 0 radical (unpaired) electrons. The SMILES string of the molecule is CC(C)=CCC/C(C)=C/CCC1=C(Br)C(=O)c2ccccc2C1=O.